The van der Waals surface area contributed by atoms with Crippen LogP contribution in [0, 0.1) is 23.2 Å². The maximum Gasteiger partial charge on any atom is -0.0295 e. The van der Waals surface area contributed by atoms with Gasteiger partial charge in [-0.2, -0.15) is 0 Å². The highest BCUT2D eigenvalue weighted by atomic mass is 14.5. The molecule has 2 aliphatic carbocycles. The zero-order valence-corrected chi connectivity index (χ0v) is 11.6. The van der Waals surface area contributed by atoms with Crippen LogP contribution in [0.5, 0.6) is 0 Å². The number of hydrogen-bond acceptors (Lipinski definition) is 0. The van der Waals surface area contributed by atoms with Gasteiger partial charge in [-0.3, -0.25) is 0 Å². The second-order valence-corrected chi connectivity index (χ2v) is 6.93. The van der Waals surface area contributed by atoms with Crippen LogP contribution in [0.25, 0.3) is 0 Å². The van der Waals surface area contributed by atoms with E-state index in [0.717, 1.165) is 23.2 Å². The van der Waals surface area contributed by atoms with Gasteiger partial charge >= 0.3 is 0 Å². The Morgan fingerprint density at radius 1 is 1.06 bits per heavy atom. The topological polar surface area (TPSA) is 0 Å². The predicted molar refractivity (Wildman–Crippen MR) is 71.5 cm³/mol. The molecule has 16 heavy (non-hydrogen) atoms. The number of rotatable bonds is 6. The molecule has 0 heteroatoms. The fourth-order valence-electron chi connectivity index (χ4n) is 4.22. The van der Waals surface area contributed by atoms with E-state index in [1.54, 1.807) is 38.5 Å². The molecule has 0 spiro atoms. The number of hydrogen-bond donors (Lipinski definition) is 0. The standard InChI is InChI=1S/C16H30/c1-4-5-13(2)14(3)6-9-16-10-7-15(12-16)8-11-16/h13-15H,4-12H2,1-3H3. The van der Waals surface area contributed by atoms with Crippen LogP contribution < -0.4 is 0 Å². The lowest BCUT2D eigenvalue weighted by atomic mass is 9.76. The van der Waals surface area contributed by atoms with Crippen molar-refractivity contribution >= 4 is 0 Å². The van der Waals surface area contributed by atoms with Gasteiger partial charge < -0.3 is 0 Å². The van der Waals surface area contributed by atoms with Crippen LogP contribution in [0.3, 0.4) is 0 Å². The van der Waals surface area contributed by atoms with Crippen molar-refractivity contribution in [1.29, 1.82) is 0 Å². The zero-order valence-electron chi connectivity index (χ0n) is 11.6. The van der Waals surface area contributed by atoms with E-state index in [1.165, 1.54) is 19.3 Å². The maximum absolute atomic E-state index is 2.48. The first-order valence-corrected chi connectivity index (χ1v) is 7.65. The summed E-state index contributed by atoms with van der Waals surface area (Å²) < 4.78 is 0. The Labute approximate surface area is 102 Å². The smallest absolute Gasteiger partial charge is 0.0295 e. The fourth-order valence-corrected chi connectivity index (χ4v) is 4.22. The zero-order chi connectivity index (χ0) is 11.6. The summed E-state index contributed by atoms with van der Waals surface area (Å²) in [6, 6.07) is 0. The first-order valence-electron chi connectivity index (χ1n) is 7.65. The lowest BCUT2D eigenvalue weighted by Gasteiger charge is -2.29. The van der Waals surface area contributed by atoms with E-state index in [9.17, 15) is 0 Å². The van der Waals surface area contributed by atoms with E-state index < -0.39 is 0 Å². The second-order valence-electron chi connectivity index (χ2n) is 6.93. The highest BCUT2D eigenvalue weighted by molar-refractivity contribution is 4.95. The molecule has 0 saturated heterocycles. The van der Waals surface area contributed by atoms with Gasteiger partial charge in [0.05, 0.1) is 0 Å². The molecule has 2 unspecified atom stereocenters. The Hall–Kier alpha value is 0. The summed E-state index contributed by atoms with van der Waals surface area (Å²) in [5, 5.41) is 0. The third-order valence-electron chi connectivity index (χ3n) is 5.73. The van der Waals surface area contributed by atoms with Crippen molar-refractivity contribution in [3.8, 4) is 0 Å². The molecule has 0 heterocycles. The largest absolute Gasteiger partial charge is 0.0654 e. The molecular weight excluding hydrogens is 192 g/mol. The molecule has 0 N–H and O–H groups in total. The lowest BCUT2D eigenvalue weighted by molar-refractivity contribution is 0.223. The van der Waals surface area contributed by atoms with Crippen molar-refractivity contribution in [1.82, 2.24) is 0 Å². The lowest BCUT2D eigenvalue weighted by Crippen LogP contribution is -2.17. The maximum atomic E-state index is 2.48. The van der Waals surface area contributed by atoms with Crippen LogP contribution in [0.1, 0.15) is 78.6 Å². The first kappa shape index (κ1) is 12.5. The van der Waals surface area contributed by atoms with Gasteiger partial charge in [0.25, 0.3) is 0 Å². The molecule has 0 aromatic rings. The Morgan fingerprint density at radius 2 is 1.69 bits per heavy atom. The van der Waals surface area contributed by atoms with E-state index in [-0.39, 0.29) is 0 Å². The molecule has 2 atom stereocenters. The van der Waals surface area contributed by atoms with Crippen molar-refractivity contribution in [2.24, 2.45) is 23.2 Å². The minimum Gasteiger partial charge on any atom is -0.0654 e. The number of fused-ring (bicyclic) bond motifs is 2. The minimum absolute atomic E-state index is 0.824. The molecule has 2 bridgehead atoms. The molecule has 0 aromatic heterocycles. The van der Waals surface area contributed by atoms with Gasteiger partial charge in [-0.15, -0.1) is 0 Å². The normalized spacial score (nSPS) is 36.6. The van der Waals surface area contributed by atoms with Gasteiger partial charge in [0.15, 0.2) is 0 Å². The SMILES string of the molecule is CCCC(C)C(C)CCC12CCC(CC1)C2. The van der Waals surface area contributed by atoms with Crippen LogP contribution >= 0.6 is 0 Å². The van der Waals surface area contributed by atoms with Gasteiger partial charge in [-0.25, -0.2) is 0 Å². The van der Waals surface area contributed by atoms with Crippen LogP contribution in [0.15, 0.2) is 0 Å². The van der Waals surface area contributed by atoms with E-state index in [4.69, 9.17) is 0 Å². The summed E-state index contributed by atoms with van der Waals surface area (Å²) in [5.41, 5.74) is 0.824. The van der Waals surface area contributed by atoms with Crippen molar-refractivity contribution in [2.45, 2.75) is 78.6 Å². The van der Waals surface area contributed by atoms with Crippen molar-refractivity contribution < 1.29 is 0 Å². The van der Waals surface area contributed by atoms with Crippen molar-refractivity contribution in [3.05, 3.63) is 0 Å². The highest BCUT2D eigenvalue weighted by Crippen LogP contribution is 2.56. The van der Waals surface area contributed by atoms with E-state index in [0.29, 0.717) is 0 Å². The van der Waals surface area contributed by atoms with Gasteiger partial charge in [-0.05, 0) is 68.1 Å². The average Bonchev–Trinajstić information content (AvgIpc) is 2.86. The van der Waals surface area contributed by atoms with Gasteiger partial charge in [0, 0.05) is 0 Å². The molecule has 0 radical (unpaired) electrons. The van der Waals surface area contributed by atoms with Crippen molar-refractivity contribution in [3.63, 3.8) is 0 Å². The molecule has 2 aliphatic rings. The van der Waals surface area contributed by atoms with Crippen molar-refractivity contribution in [2.75, 3.05) is 0 Å². The summed E-state index contributed by atoms with van der Waals surface area (Å²) in [7, 11) is 0. The average molecular weight is 222 g/mol. The van der Waals surface area contributed by atoms with Gasteiger partial charge in [-0.1, -0.05) is 33.6 Å². The quantitative estimate of drug-likeness (QED) is 0.563. The summed E-state index contributed by atoms with van der Waals surface area (Å²) in [6.07, 6.45) is 13.6. The van der Waals surface area contributed by atoms with Gasteiger partial charge in [0.2, 0.25) is 0 Å². The predicted octanol–water partition coefficient (Wildman–Crippen LogP) is 5.42. The molecule has 0 amide bonds. The molecule has 2 saturated carbocycles. The minimum atomic E-state index is 0.824. The molecule has 0 nitrogen and oxygen atoms in total. The van der Waals surface area contributed by atoms with Crippen LogP contribution in [0.2, 0.25) is 0 Å². The molecule has 2 rings (SSSR count). The summed E-state index contributed by atoms with van der Waals surface area (Å²) in [5.74, 6) is 3.03. The van der Waals surface area contributed by atoms with E-state index in [1.807, 2.05) is 0 Å². The Balaban J connectivity index is 1.74. The monoisotopic (exact) mass is 222 g/mol. The Bertz CT molecular complexity index is 210. The summed E-state index contributed by atoms with van der Waals surface area (Å²) in [6.45, 7) is 7.26. The molecular formula is C16H30. The first-order chi connectivity index (χ1) is 7.65. The third-order valence-corrected chi connectivity index (χ3v) is 5.73. The second kappa shape index (κ2) is 5.10. The Morgan fingerprint density at radius 3 is 2.19 bits per heavy atom. The molecule has 2 fully saturated rings. The molecule has 94 valence electrons. The molecule has 0 aromatic carbocycles. The summed E-state index contributed by atoms with van der Waals surface area (Å²) in [4.78, 5) is 0. The van der Waals surface area contributed by atoms with Crippen LogP contribution in [-0.4, -0.2) is 0 Å². The highest BCUT2D eigenvalue weighted by Gasteiger charge is 2.44. The third kappa shape index (κ3) is 2.63. The Kier molecular flexibility index (Phi) is 3.97. The van der Waals surface area contributed by atoms with Crippen LogP contribution in [0.4, 0.5) is 0 Å². The fraction of sp³-hybridized carbons (Fsp3) is 1.00. The van der Waals surface area contributed by atoms with Gasteiger partial charge in [0.1, 0.15) is 0 Å². The summed E-state index contributed by atoms with van der Waals surface area (Å²) >= 11 is 0. The van der Waals surface area contributed by atoms with E-state index in [2.05, 4.69) is 20.8 Å². The van der Waals surface area contributed by atoms with E-state index >= 15 is 0 Å². The molecule has 0 aliphatic heterocycles. The van der Waals surface area contributed by atoms with Crippen LogP contribution in [-0.2, 0) is 0 Å².